The van der Waals surface area contributed by atoms with Crippen LogP contribution in [0.25, 0.3) is 11.0 Å². The second-order valence-electron chi connectivity index (χ2n) is 11.2. The Morgan fingerprint density at radius 1 is 1.00 bits per heavy atom. The molecule has 3 aromatic heterocycles. The van der Waals surface area contributed by atoms with E-state index < -0.39 is 5.97 Å². The van der Waals surface area contributed by atoms with Gasteiger partial charge in [0.15, 0.2) is 0 Å². The second kappa shape index (κ2) is 14.1. The van der Waals surface area contributed by atoms with Crippen LogP contribution >= 0.6 is 0 Å². The van der Waals surface area contributed by atoms with Crippen LogP contribution in [0.5, 0.6) is 0 Å². The topological polar surface area (TPSA) is 95.0 Å². The van der Waals surface area contributed by atoms with Gasteiger partial charge in [-0.25, -0.2) is 9.97 Å². The minimum atomic E-state index is -0.672. The number of hydrogen-bond acceptors (Lipinski definition) is 5. The molecule has 4 aromatic rings. The first kappa shape index (κ1) is 29.2. The molecule has 3 heterocycles. The average Bonchev–Trinajstić information content (AvgIpc) is 3.42. The molecule has 1 saturated carbocycles. The molecule has 1 fully saturated rings. The van der Waals surface area contributed by atoms with E-state index in [0.717, 1.165) is 61.2 Å². The SMILES string of the molecule is CCN(CC(C(=O)O)C1CCCCC1C)c1ccc(CCc2ccc(C)cn2)cn1.Cc1ccc2nc[nH]c2c1. The molecule has 0 radical (unpaired) electrons. The van der Waals surface area contributed by atoms with Crippen LogP contribution in [0, 0.1) is 31.6 Å². The lowest BCUT2D eigenvalue weighted by atomic mass is 9.73. The van der Waals surface area contributed by atoms with Gasteiger partial charge in [0, 0.05) is 31.2 Å². The molecule has 212 valence electrons. The van der Waals surface area contributed by atoms with Gasteiger partial charge < -0.3 is 15.0 Å². The predicted octanol–water partition coefficient (Wildman–Crippen LogP) is 6.79. The van der Waals surface area contributed by atoms with Crippen molar-refractivity contribution < 1.29 is 9.90 Å². The summed E-state index contributed by atoms with van der Waals surface area (Å²) in [7, 11) is 0. The summed E-state index contributed by atoms with van der Waals surface area (Å²) >= 11 is 0. The van der Waals surface area contributed by atoms with E-state index in [1.807, 2.05) is 31.5 Å². The Kier molecular flexibility index (Phi) is 10.3. The van der Waals surface area contributed by atoms with E-state index in [2.05, 4.69) is 75.9 Å². The molecule has 3 unspecified atom stereocenters. The van der Waals surface area contributed by atoms with Crippen LogP contribution in [0.3, 0.4) is 0 Å². The Bertz CT molecular complexity index is 1350. The molecule has 1 aliphatic carbocycles. The van der Waals surface area contributed by atoms with Gasteiger partial charge in [-0.2, -0.15) is 0 Å². The number of H-pyrrole nitrogens is 1. The number of carboxylic acids is 1. The number of nitrogens with zero attached hydrogens (tertiary/aromatic N) is 4. The zero-order valence-electron chi connectivity index (χ0n) is 24.3. The maximum Gasteiger partial charge on any atom is 0.308 e. The number of anilines is 1. The van der Waals surface area contributed by atoms with E-state index in [0.29, 0.717) is 12.5 Å². The number of carboxylic acid groups (broad SMARTS) is 1. The molecule has 0 saturated heterocycles. The molecule has 0 amide bonds. The van der Waals surface area contributed by atoms with Crippen molar-refractivity contribution in [2.75, 3.05) is 18.0 Å². The number of rotatable bonds is 9. The number of aryl methyl sites for hydroxylation is 4. The Morgan fingerprint density at radius 3 is 2.48 bits per heavy atom. The van der Waals surface area contributed by atoms with E-state index in [1.165, 1.54) is 23.1 Å². The van der Waals surface area contributed by atoms with Gasteiger partial charge in [-0.3, -0.25) is 9.78 Å². The number of aliphatic carboxylic acids is 1. The highest BCUT2D eigenvalue weighted by Gasteiger charge is 2.35. The molecule has 40 heavy (non-hydrogen) atoms. The van der Waals surface area contributed by atoms with Crippen molar-refractivity contribution in [1.29, 1.82) is 0 Å². The molecule has 2 N–H and O–H groups in total. The summed E-state index contributed by atoms with van der Waals surface area (Å²) in [6.07, 6.45) is 11.9. The smallest absolute Gasteiger partial charge is 0.308 e. The highest BCUT2D eigenvalue weighted by Crippen LogP contribution is 2.36. The number of hydrogen-bond donors (Lipinski definition) is 2. The van der Waals surface area contributed by atoms with Gasteiger partial charge in [0.05, 0.1) is 23.3 Å². The summed E-state index contributed by atoms with van der Waals surface area (Å²) < 4.78 is 0. The van der Waals surface area contributed by atoms with Crippen LogP contribution in [-0.4, -0.2) is 44.1 Å². The molecule has 1 aliphatic rings. The maximum atomic E-state index is 12.1. The standard InChI is InChI=1S/C25H35N3O2.C8H8N2/c1-4-28(17-23(25(29)30)22-8-6-5-7-19(22)3)24-14-11-20(16-27-24)10-13-21-12-9-18(2)15-26-21;1-6-2-3-7-8(4-6)10-5-9-7/h9,11-12,14-16,19,22-23H,4-8,10,13,17H2,1-3H3,(H,29,30);2-5H,1H3,(H,9,10). The molecule has 0 aliphatic heterocycles. The first-order chi connectivity index (χ1) is 19.3. The monoisotopic (exact) mass is 541 g/mol. The lowest BCUT2D eigenvalue weighted by molar-refractivity contribution is -0.144. The van der Waals surface area contributed by atoms with Gasteiger partial charge in [-0.05, 0) is 92.8 Å². The third-order valence-electron chi connectivity index (χ3n) is 8.16. The fraction of sp³-hybridized carbons (Fsp3) is 0.455. The largest absolute Gasteiger partial charge is 0.481 e. The molecule has 3 atom stereocenters. The van der Waals surface area contributed by atoms with Crippen LogP contribution in [0.15, 0.2) is 61.2 Å². The summed E-state index contributed by atoms with van der Waals surface area (Å²) in [6.45, 7) is 9.68. The fourth-order valence-corrected chi connectivity index (χ4v) is 5.68. The third kappa shape index (κ3) is 7.90. The molecular weight excluding hydrogens is 498 g/mol. The molecule has 7 nitrogen and oxygen atoms in total. The molecule has 0 spiro atoms. The van der Waals surface area contributed by atoms with E-state index in [1.54, 1.807) is 6.33 Å². The van der Waals surface area contributed by atoms with Gasteiger partial charge >= 0.3 is 5.97 Å². The van der Waals surface area contributed by atoms with Gasteiger partial charge in [-0.15, -0.1) is 0 Å². The summed E-state index contributed by atoms with van der Waals surface area (Å²) in [5.41, 5.74) is 6.84. The quantitative estimate of drug-likeness (QED) is 0.242. The molecule has 1 aromatic carbocycles. The number of fused-ring (bicyclic) bond motifs is 1. The number of aromatic nitrogens is 4. The normalized spacial score (nSPS) is 17.6. The van der Waals surface area contributed by atoms with Crippen molar-refractivity contribution in [2.45, 2.75) is 66.2 Å². The highest BCUT2D eigenvalue weighted by atomic mass is 16.4. The van der Waals surface area contributed by atoms with Crippen molar-refractivity contribution in [3.05, 3.63) is 83.6 Å². The number of pyridine rings is 2. The zero-order chi connectivity index (χ0) is 28.5. The summed E-state index contributed by atoms with van der Waals surface area (Å²) in [4.78, 5) is 30.5. The third-order valence-corrected chi connectivity index (χ3v) is 8.16. The Labute approximate surface area is 238 Å². The van der Waals surface area contributed by atoms with Crippen LogP contribution in [0.1, 0.15) is 61.9 Å². The van der Waals surface area contributed by atoms with Crippen LogP contribution in [-0.2, 0) is 17.6 Å². The predicted molar refractivity (Wildman–Crippen MR) is 162 cm³/mol. The fourth-order valence-electron chi connectivity index (χ4n) is 5.68. The van der Waals surface area contributed by atoms with Crippen molar-refractivity contribution in [3.8, 4) is 0 Å². The lowest BCUT2D eigenvalue weighted by Gasteiger charge is -2.36. The number of aromatic amines is 1. The van der Waals surface area contributed by atoms with Gasteiger partial charge in [0.2, 0.25) is 0 Å². The number of imidazole rings is 1. The Hall–Kier alpha value is -3.74. The maximum absolute atomic E-state index is 12.1. The number of nitrogens with one attached hydrogen (secondary N) is 1. The first-order valence-electron chi connectivity index (χ1n) is 14.6. The van der Waals surface area contributed by atoms with E-state index >= 15 is 0 Å². The zero-order valence-corrected chi connectivity index (χ0v) is 24.3. The summed E-state index contributed by atoms with van der Waals surface area (Å²) in [5.74, 6) is 0.587. The summed E-state index contributed by atoms with van der Waals surface area (Å²) in [5, 5.41) is 9.92. The Morgan fingerprint density at radius 2 is 1.80 bits per heavy atom. The molecule has 0 bridgehead atoms. The van der Waals surface area contributed by atoms with E-state index in [4.69, 9.17) is 0 Å². The average molecular weight is 542 g/mol. The lowest BCUT2D eigenvalue weighted by Crippen LogP contribution is -2.40. The first-order valence-corrected chi connectivity index (χ1v) is 14.6. The minimum absolute atomic E-state index is 0.256. The minimum Gasteiger partial charge on any atom is -0.481 e. The van der Waals surface area contributed by atoms with E-state index in [9.17, 15) is 9.90 Å². The molecular formula is C33H43N5O2. The van der Waals surface area contributed by atoms with Crippen molar-refractivity contribution in [2.24, 2.45) is 17.8 Å². The van der Waals surface area contributed by atoms with Crippen molar-refractivity contribution in [3.63, 3.8) is 0 Å². The summed E-state index contributed by atoms with van der Waals surface area (Å²) in [6, 6.07) is 14.5. The molecule has 5 rings (SSSR count). The Balaban J connectivity index is 0.000000307. The van der Waals surface area contributed by atoms with Crippen molar-refractivity contribution >= 4 is 22.8 Å². The van der Waals surface area contributed by atoms with Gasteiger partial charge in [0.1, 0.15) is 5.82 Å². The highest BCUT2D eigenvalue weighted by molar-refractivity contribution is 5.74. The number of benzene rings is 1. The van der Waals surface area contributed by atoms with E-state index in [-0.39, 0.29) is 11.8 Å². The second-order valence-corrected chi connectivity index (χ2v) is 11.2. The van der Waals surface area contributed by atoms with Crippen LogP contribution < -0.4 is 4.90 Å². The number of carbonyl (C=O) groups is 1. The van der Waals surface area contributed by atoms with Gasteiger partial charge in [0.25, 0.3) is 0 Å². The molecule has 7 heteroatoms. The van der Waals surface area contributed by atoms with Gasteiger partial charge in [-0.1, -0.05) is 44.4 Å². The van der Waals surface area contributed by atoms with Crippen LogP contribution in [0.2, 0.25) is 0 Å². The van der Waals surface area contributed by atoms with Crippen molar-refractivity contribution in [1.82, 2.24) is 19.9 Å². The van der Waals surface area contributed by atoms with Crippen LogP contribution in [0.4, 0.5) is 5.82 Å².